The molecule has 0 saturated carbocycles. The molecular weight excluding hydrogens is 303 g/mol. The van der Waals surface area contributed by atoms with Gasteiger partial charge < -0.3 is 0 Å². The molecule has 1 amide bonds. The van der Waals surface area contributed by atoms with Crippen LogP contribution >= 0.6 is 0 Å². The van der Waals surface area contributed by atoms with Crippen LogP contribution in [0.4, 0.5) is 4.39 Å². The summed E-state index contributed by atoms with van der Waals surface area (Å²) < 4.78 is 13.3. The van der Waals surface area contributed by atoms with Gasteiger partial charge in [0.15, 0.2) is 0 Å². The number of halogens is 1. The number of benzene rings is 2. The van der Waals surface area contributed by atoms with E-state index in [-0.39, 0.29) is 23.7 Å². The second-order valence-electron chi connectivity index (χ2n) is 6.65. The molecule has 0 fully saturated rings. The van der Waals surface area contributed by atoms with Crippen LogP contribution in [0.2, 0.25) is 0 Å². The molecular formula is C20H19FN2O. The topological polar surface area (TPSA) is 32.7 Å². The number of fused-ring (bicyclic) bond motifs is 3. The molecule has 4 heteroatoms. The lowest BCUT2D eigenvalue weighted by Crippen LogP contribution is -2.31. The highest BCUT2D eigenvalue weighted by atomic mass is 19.1. The van der Waals surface area contributed by atoms with Crippen molar-refractivity contribution in [2.45, 2.75) is 32.7 Å². The molecule has 2 aromatic carbocycles. The van der Waals surface area contributed by atoms with E-state index >= 15 is 0 Å². The summed E-state index contributed by atoms with van der Waals surface area (Å²) in [6, 6.07) is 12.7. The van der Waals surface area contributed by atoms with Crippen LogP contribution in [0.1, 0.15) is 41.6 Å². The van der Waals surface area contributed by atoms with E-state index in [4.69, 9.17) is 0 Å². The van der Waals surface area contributed by atoms with Crippen LogP contribution in [0, 0.1) is 18.7 Å². The summed E-state index contributed by atoms with van der Waals surface area (Å²) in [7, 11) is 0. The molecule has 0 N–H and O–H groups in total. The summed E-state index contributed by atoms with van der Waals surface area (Å²) in [5.41, 5.74) is 5.56. The highest BCUT2D eigenvalue weighted by Crippen LogP contribution is 2.43. The standard InChI is InChI=1S/C20H19FN2O/c1-12-3-4-14-7-10-17-19(18(14)11-12)22-23(13(2)24)20(17)15-5-8-16(21)9-6-15/h3-6,8-9,11,17,20H,7,10H2,1-2H3/t17-,20-/m0/s1. The molecule has 2 aliphatic rings. The fraction of sp³-hybridized carbons (Fsp3) is 0.300. The number of aryl methyl sites for hydroxylation is 2. The maximum absolute atomic E-state index is 13.3. The van der Waals surface area contributed by atoms with Crippen LogP contribution in [0.5, 0.6) is 0 Å². The zero-order chi connectivity index (χ0) is 16.8. The summed E-state index contributed by atoms with van der Waals surface area (Å²) in [6.45, 7) is 3.61. The van der Waals surface area contributed by atoms with Gasteiger partial charge >= 0.3 is 0 Å². The van der Waals surface area contributed by atoms with Crippen molar-refractivity contribution in [2.75, 3.05) is 0 Å². The first-order valence-corrected chi connectivity index (χ1v) is 8.28. The molecule has 0 aromatic heterocycles. The van der Waals surface area contributed by atoms with Crippen molar-refractivity contribution >= 4 is 11.6 Å². The quantitative estimate of drug-likeness (QED) is 0.781. The second kappa shape index (κ2) is 5.55. The molecule has 0 unspecified atom stereocenters. The van der Waals surface area contributed by atoms with E-state index in [2.05, 4.69) is 30.2 Å². The number of hydrogen-bond donors (Lipinski definition) is 0. The molecule has 0 saturated heterocycles. The van der Waals surface area contributed by atoms with Crippen molar-refractivity contribution in [3.63, 3.8) is 0 Å². The summed E-state index contributed by atoms with van der Waals surface area (Å²) in [4.78, 5) is 12.2. The third-order valence-electron chi connectivity index (χ3n) is 5.01. The average Bonchev–Trinajstić information content (AvgIpc) is 2.96. The Hall–Kier alpha value is -2.49. The van der Waals surface area contributed by atoms with E-state index in [0.717, 1.165) is 29.7 Å². The van der Waals surface area contributed by atoms with Crippen LogP contribution in [-0.2, 0) is 11.2 Å². The van der Waals surface area contributed by atoms with Gasteiger partial charge in [0.1, 0.15) is 5.82 Å². The first-order chi connectivity index (χ1) is 11.5. The van der Waals surface area contributed by atoms with Crippen molar-refractivity contribution in [3.05, 3.63) is 70.5 Å². The van der Waals surface area contributed by atoms with Crippen LogP contribution in [-0.4, -0.2) is 16.6 Å². The lowest BCUT2D eigenvalue weighted by atomic mass is 9.77. The predicted molar refractivity (Wildman–Crippen MR) is 91.2 cm³/mol. The summed E-state index contributed by atoms with van der Waals surface area (Å²) in [6.07, 6.45) is 1.92. The van der Waals surface area contributed by atoms with E-state index < -0.39 is 0 Å². The largest absolute Gasteiger partial charge is 0.273 e. The third-order valence-corrected chi connectivity index (χ3v) is 5.01. The van der Waals surface area contributed by atoms with Gasteiger partial charge in [0.25, 0.3) is 0 Å². The van der Waals surface area contributed by atoms with Gasteiger partial charge in [-0.2, -0.15) is 5.10 Å². The maximum atomic E-state index is 13.3. The van der Waals surface area contributed by atoms with Gasteiger partial charge in [-0.15, -0.1) is 0 Å². The monoisotopic (exact) mass is 322 g/mol. The minimum absolute atomic E-state index is 0.0829. The highest BCUT2D eigenvalue weighted by Gasteiger charge is 2.42. The van der Waals surface area contributed by atoms with E-state index in [9.17, 15) is 9.18 Å². The third kappa shape index (κ3) is 2.33. The molecule has 0 radical (unpaired) electrons. The van der Waals surface area contributed by atoms with Crippen molar-refractivity contribution in [3.8, 4) is 0 Å². The highest BCUT2D eigenvalue weighted by molar-refractivity contribution is 6.06. The maximum Gasteiger partial charge on any atom is 0.240 e. The fourth-order valence-electron chi connectivity index (χ4n) is 3.88. The Morgan fingerprint density at radius 2 is 1.96 bits per heavy atom. The van der Waals surface area contributed by atoms with Crippen molar-refractivity contribution in [2.24, 2.45) is 11.0 Å². The molecule has 2 atom stereocenters. The average molecular weight is 322 g/mol. The summed E-state index contributed by atoms with van der Waals surface area (Å²) in [5, 5.41) is 6.25. The van der Waals surface area contributed by atoms with Crippen molar-refractivity contribution < 1.29 is 9.18 Å². The molecule has 1 heterocycles. The summed E-state index contributed by atoms with van der Waals surface area (Å²) in [5.74, 6) is -0.189. The second-order valence-corrected chi connectivity index (χ2v) is 6.65. The molecule has 4 rings (SSSR count). The SMILES string of the molecule is CC(=O)N1N=C2c3cc(C)ccc3CC[C@@H]2[C@@H]1c1ccc(F)cc1. The number of hydrazone groups is 1. The Morgan fingerprint density at radius 3 is 2.67 bits per heavy atom. The smallest absolute Gasteiger partial charge is 0.240 e. The van der Waals surface area contributed by atoms with E-state index in [0.29, 0.717) is 0 Å². The summed E-state index contributed by atoms with van der Waals surface area (Å²) >= 11 is 0. The fourth-order valence-corrected chi connectivity index (χ4v) is 3.88. The van der Waals surface area contributed by atoms with Crippen LogP contribution in [0.3, 0.4) is 0 Å². The van der Waals surface area contributed by atoms with Crippen LogP contribution in [0.15, 0.2) is 47.6 Å². The minimum Gasteiger partial charge on any atom is -0.273 e. The van der Waals surface area contributed by atoms with Gasteiger partial charge in [0.05, 0.1) is 11.8 Å². The lowest BCUT2D eigenvalue weighted by molar-refractivity contribution is -0.131. The molecule has 1 aliphatic heterocycles. The molecule has 24 heavy (non-hydrogen) atoms. The van der Waals surface area contributed by atoms with Crippen LogP contribution < -0.4 is 0 Å². The van der Waals surface area contributed by atoms with Gasteiger partial charge in [-0.05, 0) is 49.1 Å². The molecule has 1 aliphatic carbocycles. The zero-order valence-corrected chi connectivity index (χ0v) is 13.8. The Labute approximate surface area is 140 Å². The number of rotatable bonds is 1. The molecule has 3 nitrogen and oxygen atoms in total. The van der Waals surface area contributed by atoms with E-state index in [1.165, 1.54) is 30.2 Å². The van der Waals surface area contributed by atoms with Crippen LogP contribution in [0.25, 0.3) is 0 Å². The normalized spacial score (nSPS) is 22.0. The van der Waals surface area contributed by atoms with E-state index in [1.807, 2.05) is 0 Å². The van der Waals surface area contributed by atoms with Crippen molar-refractivity contribution in [1.29, 1.82) is 0 Å². The molecule has 122 valence electrons. The number of hydrogen-bond acceptors (Lipinski definition) is 2. The van der Waals surface area contributed by atoms with Gasteiger partial charge in [0, 0.05) is 18.4 Å². The number of carbonyl (C=O) groups excluding carboxylic acids is 1. The molecule has 0 spiro atoms. The Bertz CT molecular complexity index is 841. The minimum atomic E-state index is -0.267. The Kier molecular flexibility index (Phi) is 3.48. The molecule has 2 aromatic rings. The number of nitrogens with zero attached hydrogens (tertiary/aromatic N) is 2. The lowest BCUT2D eigenvalue weighted by Gasteiger charge is -2.29. The van der Waals surface area contributed by atoms with E-state index in [1.54, 1.807) is 17.1 Å². The Balaban J connectivity index is 1.81. The van der Waals surface area contributed by atoms with Gasteiger partial charge in [0.2, 0.25) is 5.91 Å². The van der Waals surface area contributed by atoms with Crippen molar-refractivity contribution in [1.82, 2.24) is 5.01 Å². The zero-order valence-electron chi connectivity index (χ0n) is 13.8. The first kappa shape index (κ1) is 15.1. The van der Waals surface area contributed by atoms with Gasteiger partial charge in [-0.3, -0.25) is 4.79 Å². The molecule has 0 bridgehead atoms. The van der Waals surface area contributed by atoms with Gasteiger partial charge in [-0.1, -0.05) is 29.8 Å². The number of amides is 1. The Morgan fingerprint density at radius 1 is 1.21 bits per heavy atom. The van der Waals surface area contributed by atoms with Gasteiger partial charge in [-0.25, -0.2) is 9.40 Å². The first-order valence-electron chi connectivity index (χ1n) is 8.28. The number of carbonyl (C=O) groups is 1. The predicted octanol–water partition coefficient (Wildman–Crippen LogP) is 4.00.